The molecule has 224 valence electrons. The maximum atomic E-state index is 13.1. The quantitative estimate of drug-likeness (QED) is 0.267. The molecular weight excluding hydrogens is 534 g/mol. The van der Waals surface area contributed by atoms with Crippen LogP contribution in [0.1, 0.15) is 79.6 Å². The van der Waals surface area contributed by atoms with Crippen LogP contribution in [0, 0.1) is 5.41 Å². The second kappa shape index (κ2) is 13.2. The summed E-state index contributed by atoms with van der Waals surface area (Å²) >= 11 is 0. The van der Waals surface area contributed by atoms with E-state index >= 15 is 0 Å². The lowest BCUT2D eigenvalue weighted by Gasteiger charge is -2.30. The summed E-state index contributed by atoms with van der Waals surface area (Å²) in [4.78, 5) is 45.6. The van der Waals surface area contributed by atoms with Gasteiger partial charge in [0.1, 0.15) is 6.54 Å². The van der Waals surface area contributed by atoms with Crippen LogP contribution in [0.15, 0.2) is 42.5 Å². The van der Waals surface area contributed by atoms with Crippen LogP contribution < -0.4 is 22.1 Å². The third kappa shape index (κ3) is 7.17. The number of benzene rings is 2. The topological polar surface area (TPSA) is 170 Å². The highest BCUT2D eigenvalue weighted by atomic mass is 16.4. The molecule has 0 radical (unpaired) electrons. The van der Waals surface area contributed by atoms with Gasteiger partial charge in [0.2, 0.25) is 11.8 Å². The average molecular weight is 576 g/mol. The second-order valence-corrected chi connectivity index (χ2v) is 11.9. The molecule has 0 atom stereocenters. The summed E-state index contributed by atoms with van der Waals surface area (Å²) in [6, 6.07) is 14.3. The molecule has 0 unspecified atom stereocenters. The highest BCUT2D eigenvalue weighted by molar-refractivity contribution is 6.06. The molecule has 1 aliphatic heterocycles. The van der Waals surface area contributed by atoms with Crippen LogP contribution in [0.5, 0.6) is 0 Å². The Labute approximate surface area is 245 Å². The highest BCUT2D eigenvalue weighted by Crippen LogP contribution is 2.43. The van der Waals surface area contributed by atoms with Crippen molar-refractivity contribution in [2.24, 2.45) is 16.9 Å². The molecule has 10 nitrogen and oxygen atoms in total. The highest BCUT2D eigenvalue weighted by Gasteiger charge is 2.35. The number of nitrogens with two attached hydrogens (primary N) is 2. The number of nitrogens with one attached hydrogen (secondary N) is 2. The lowest BCUT2D eigenvalue weighted by molar-refractivity contribution is -0.137. The molecule has 1 saturated carbocycles. The molecule has 1 fully saturated rings. The molecule has 2 amide bonds. The van der Waals surface area contributed by atoms with Crippen LogP contribution in [-0.2, 0) is 16.0 Å². The zero-order valence-corrected chi connectivity index (χ0v) is 24.4. The minimum Gasteiger partial charge on any atom is -0.480 e. The molecule has 2 aromatic carbocycles. The van der Waals surface area contributed by atoms with Crippen LogP contribution in [0.3, 0.4) is 0 Å². The van der Waals surface area contributed by atoms with Gasteiger partial charge in [0.15, 0.2) is 0 Å². The first kappa shape index (κ1) is 30.8. The van der Waals surface area contributed by atoms with Gasteiger partial charge in [-0.1, -0.05) is 57.4 Å². The minimum atomic E-state index is -1.05. The molecule has 0 bridgehead atoms. The van der Waals surface area contributed by atoms with Crippen molar-refractivity contribution in [2.45, 2.75) is 71.3 Å². The Morgan fingerprint density at radius 3 is 2.43 bits per heavy atom. The van der Waals surface area contributed by atoms with Crippen LogP contribution >= 0.6 is 0 Å². The number of primary amides is 1. The summed E-state index contributed by atoms with van der Waals surface area (Å²) in [5.74, 6) is -1.65. The van der Waals surface area contributed by atoms with Crippen molar-refractivity contribution >= 4 is 40.3 Å². The number of rotatable bonds is 8. The van der Waals surface area contributed by atoms with Crippen LogP contribution in [0.4, 0.5) is 5.69 Å². The summed E-state index contributed by atoms with van der Waals surface area (Å²) in [7, 11) is 0. The van der Waals surface area contributed by atoms with Crippen molar-refractivity contribution in [3.8, 4) is 11.1 Å². The monoisotopic (exact) mass is 575 g/mol. The van der Waals surface area contributed by atoms with E-state index in [9.17, 15) is 19.2 Å². The average Bonchev–Trinajstić information content (AvgIpc) is 3.26. The van der Waals surface area contributed by atoms with Gasteiger partial charge < -0.3 is 27.2 Å². The summed E-state index contributed by atoms with van der Waals surface area (Å²) in [5.41, 5.74) is 16.1. The first-order valence-corrected chi connectivity index (χ1v) is 14.6. The van der Waals surface area contributed by atoms with Crippen molar-refractivity contribution < 1.29 is 24.3 Å². The van der Waals surface area contributed by atoms with Gasteiger partial charge in [-0.25, -0.2) is 0 Å². The SMILES string of the molecule is CC1(C)CC(=O)n2c(c(-c3ccc(C(N)=O)c(NC4CCCCC4)c3)c3ccccc32)C1.NCCC(=O)NCC(=O)O. The Hall–Kier alpha value is -4.18. The van der Waals surface area contributed by atoms with Gasteiger partial charge in [0, 0.05) is 47.8 Å². The van der Waals surface area contributed by atoms with Crippen LogP contribution in [0.2, 0.25) is 0 Å². The third-order valence-corrected chi connectivity index (χ3v) is 7.84. The van der Waals surface area contributed by atoms with Gasteiger partial charge in [-0.15, -0.1) is 0 Å². The number of aliphatic carboxylic acids is 1. The molecule has 0 saturated heterocycles. The first-order chi connectivity index (χ1) is 20.0. The van der Waals surface area contributed by atoms with E-state index in [0.29, 0.717) is 18.0 Å². The van der Waals surface area contributed by atoms with Crippen molar-refractivity contribution in [1.82, 2.24) is 9.88 Å². The summed E-state index contributed by atoms with van der Waals surface area (Å²) in [5, 5.41) is 14.9. The van der Waals surface area contributed by atoms with E-state index < -0.39 is 11.9 Å². The van der Waals surface area contributed by atoms with Gasteiger partial charge in [-0.05, 0) is 48.4 Å². The summed E-state index contributed by atoms with van der Waals surface area (Å²) < 4.78 is 1.91. The number of anilines is 1. The predicted octanol–water partition coefficient (Wildman–Crippen LogP) is 4.30. The number of hydrogen-bond donors (Lipinski definition) is 5. The Morgan fingerprint density at radius 1 is 1.05 bits per heavy atom. The normalized spacial score (nSPS) is 16.2. The number of amides is 2. The van der Waals surface area contributed by atoms with E-state index in [1.807, 2.05) is 34.9 Å². The number of carbonyl (C=O) groups excluding carboxylic acids is 3. The van der Waals surface area contributed by atoms with Crippen LogP contribution in [0.25, 0.3) is 22.0 Å². The zero-order chi connectivity index (χ0) is 30.4. The second-order valence-electron chi connectivity index (χ2n) is 11.9. The molecule has 2 heterocycles. The maximum absolute atomic E-state index is 13.1. The Morgan fingerprint density at radius 2 is 1.76 bits per heavy atom. The van der Waals surface area contributed by atoms with Crippen molar-refractivity contribution in [2.75, 3.05) is 18.4 Å². The van der Waals surface area contributed by atoms with Crippen molar-refractivity contribution in [3.05, 3.63) is 53.7 Å². The van der Waals surface area contributed by atoms with Gasteiger partial charge >= 0.3 is 5.97 Å². The third-order valence-electron chi connectivity index (χ3n) is 7.84. The fourth-order valence-corrected chi connectivity index (χ4v) is 5.97. The molecule has 3 aromatic rings. The molecule has 2 aliphatic rings. The number of carboxylic acid groups (broad SMARTS) is 1. The number of hydrogen-bond acceptors (Lipinski definition) is 6. The van der Waals surface area contributed by atoms with Gasteiger partial charge in [-0.2, -0.15) is 0 Å². The minimum absolute atomic E-state index is 0.0907. The molecule has 5 rings (SSSR count). The number of fused-ring (bicyclic) bond motifs is 3. The summed E-state index contributed by atoms with van der Waals surface area (Å²) in [6.07, 6.45) is 7.43. The first-order valence-electron chi connectivity index (χ1n) is 14.6. The number of carbonyl (C=O) groups is 4. The van der Waals surface area contributed by atoms with E-state index in [-0.39, 0.29) is 36.7 Å². The fraction of sp³-hybridized carbons (Fsp3) is 0.438. The van der Waals surface area contributed by atoms with Gasteiger partial charge in [-0.3, -0.25) is 23.7 Å². The van der Waals surface area contributed by atoms with Gasteiger partial charge in [0.05, 0.1) is 11.1 Å². The van der Waals surface area contributed by atoms with E-state index in [4.69, 9.17) is 16.6 Å². The smallest absolute Gasteiger partial charge is 0.322 e. The lowest BCUT2D eigenvalue weighted by Crippen LogP contribution is -2.31. The zero-order valence-electron chi connectivity index (χ0n) is 24.4. The Bertz CT molecular complexity index is 1490. The molecule has 0 spiro atoms. The van der Waals surface area contributed by atoms with Crippen molar-refractivity contribution in [3.63, 3.8) is 0 Å². The van der Waals surface area contributed by atoms with E-state index in [1.165, 1.54) is 19.3 Å². The number of para-hydroxylation sites is 1. The maximum Gasteiger partial charge on any atom is 0.322 e. The van der Waals surface area contributed by atoms with E-state index in [0.717, 1.165) is 52.7 Å². The molecule has 7 N–H and O–H groups in total. The number of carboxylic acids is 1. The molecule has 10 heteroatoms. The fourth-order valence-electron chi connectivity index (χ4n) is 5.97. The predicted molar refractivity (Wildman–Crippen MR) is 163 cm³/mol. The standard InChI is InChI=1S/C27H31N3O2.C5H10N2O3/c1-27(2)15-23-25(20-10-6-7-11-22(20)30(23)24(31)16-27)17-12-13-19(26(28)32)21(14-17)29-18-8-4-3-5-9-18;6-2-1-4(8)7-3-5(9)10/h6-7,10-14,18,29H,3-5,8-9,15-16H2,1-2H3,(H2,28,32);1-3,6H2,(H,7,8)(H,9,10). The Kier molecular flexibility index (Phi) is 9.67. The van der Waals surface area contributed by atoms with E-state index in [2.05, 4.69) is 36.6 Å². The van der Waals surface area contributed by atoms with E-state index in [1.54, 1.807) is 0 Å². The van der Waals surface area contributed by atoms with Crippen LogP contribution in [-0.4, -0.2) is 52.5 Å². The molecule has 1 aromatic heterocycles. The number of nitrogens with zero attached hydrogens (tertiary/aromatic N) is 1. The van der Waals surface area contributed by atoms with Crippen molar-refractivity contribution in [1.29, 1.82) is 0 Å². The number of aromatic nitrogens is 1. The largest absolute Gasteiger partial charge is 0.480 e. The summed E-state index contributed by atoms with van der Waals surface area (Å²) in [6.45, 7) is 4.22. The van der Waals surface area contributed by atoms with Gasteiger partial charge in [0.25, 0.3) is 5.91 Å². The molecule has 1 aliphatic carbocycles. The molecule has 42 heavy (non-hydrogen) atoms. The lowest BCUT2D eigenvalue weighted by atomic mass is 9.80. The molecular formula is C32H41N5O5. The Balaban J connectivity index is 0.000000349.